The molecule has 0 aliphatic heterocycles. The van der Waals surface area contributed by atoms with Crippen LogP contribution in [-0.2, 0) is 0 Å². The van der Waals surface area contributed by atoms with Crippen LogP contribution in [0.5, 0.6) is 0 Å². The van der Waals surface area contributed by atoms with E-state index in [1.54, 1.807) is 0 Å². The normalized spacial score (nSPS) is 11.3. The second kappa shape index (κ2) is 13.4. The summed E-state index contributed by atoms with van der Waals surface area (Å²) in [5, 5.41) is 4.58. The molecule has 2 heteroatoms. The zero-order valence-electron chi connectivity index (χ0n) is 29.6. The minimum Gasteiger partial charge on any atom is -0.455 e. The van der Waals surface area contributed by atoms with Gasteiger partial charge in [-0.2, -0.15) is 0 Å². The van der Waals surface area contributed by atoms with E-state index in [0.29, 0.717) is 0 Å². The van der Waals surface area contributed by atoms with Crippen molar-refractivity contribution >= 4 is 49.8 Å². The van der Waals surface area contributed by atoms with E-state index < -0.39 is 0 Å². The highest BCUT2D eigenvalue weighted by Gasteiger charge is 2.20. The van der Waals surface area contributed by atoms with E-state index in [0.717, 1.165) is 72.2 Å². The molecule has 0 bridgehead atoms. The van der Waals surface area contributed by atoms with Gasteiger partial charge in [-0.1, -0.05) is 164 Å². The lowest BCUT2D eigenvalue weighted by Crippen LogP contribution is -2.11. The summed E-state index contributed by atoms with van der Waals surface area (Å²) < 4.78 is 6.55. The van der Waals surface area contributed by atoms with Gasteiger partial charge in [-0.3, -0.25) is 0 Å². The third-order valence-corrected chi connectivity index (χ3v) is 10.4. The topological polar surface area (TPSA) is 16.4 Å². The molecule has 9 aromatic carbocycles. The van der Waals surface area contributed by atoms with Gasteiger partial charge in [0, 0.05) is 33.1 Å². The summed E-state index contributed by atoms with van der Waals surface area (Å²) >= 11 is 0. The number of anilines is 3. The van der Waals surface area contributed by atoms with Gasteiger partial charge in [-0.05, 0) is 92.9 Å². The zero-order chi connectivity index (χ0) is 35.8. The van der Waals surface area contributed by atoms with Gasteiger partial charge in [0.15, 0.2) is 0 Å². The Bertz CT molecular complexity index is 2850. The molecule has 254 valence electrons. The summed E-state index contributed by atoms with van der Waals surface area (Å²) in [7, 11) is 0. The number of rotatable bonds is 7. The SMILES string of the molecule is c1ccc(-c2cc(-c3ccccc3)cc(N(c3ccc(-c4cccc5oc6c7ccccc7ccc6c45)cc3)c3ccccc3-c3ccccc3)c2)cc1. The predicted octanol–water partition coefficient (Wildman–Crippen LogP) is 14.9. The maximum Gasteiger partial charge on any atom is 0.143 e. The third-order valence-electron chi connectivity index (χ3n) is 10.4. The molecule has 0 saturated carbocycles. The summed E-state index contributed by atoms with van der Waals surface area (Å²) in [6, 6.07) is 75.9. The molecule has 0 unspecified atom stereocenters. The van der Waals surface area contributed by atoms with Crippen LogP contribution >= 0.6 is 0 Å². The van der Waals surface area contributed by atoms with Gasteiger partial charge in [-0.25, -0.2) is 0 Å². The lowest BCUT2D eigenvalue weighted by atomic mass is 9.96. The highest BCUT2D eigenvalue weighted by atomic mass is 16.3. The van der Waals surface area contributed by atoms with E-state index in [2.05, 4.69) is 217 Å². The number of benzene rings is 9. The van der Waals surface area contributed by atoms with Crippen molar-refractivity contribution in [2.75, 3.05) is 4.90 Å². The second-order valence-corrected chi connectivity index (χ2v) is 13.7. The average molecular weight is 690 g/mol. The minimum atomic E-state index is 0.896. The molecule has 54 heavy (non-hydrogen) atoms. The van der Waals surface area contributed by atoms with Crippen molar-refractivity contribution in [2.45, 2.75) is 0 Å². The van der Waals surface area contributed by atoms with Gasteiger partial charge in [-0.15, -0.1) is 0 Å². The van der Waals surface area contributed by atoms with Gasteiger partial charge in [0.2, 0.25) is 0 Å². The summed E-state index contributed by atoms with van der Waals surface area (Å²) in [6.45, 7) is 0. The molecule has 0 aliphatic rings. The fraction of sp³-hybridized carbons (Fsp3) is 0. The molecule has 1 heterocycles. The number of hydrogen-bond acceptors (Lipinski definition) is 2. The highest BCUT2D eigenvalue weighted by Crippen LogP contribution is 2.45. The predicted molar refractivity (Wildman–Crippen MR) is 228 cm³/mol. The Morgan fingerprint density at radius 2 is 0.907 bits per heavy atom. The van der Waals surface area contributed by atoms with Crippen LogP contribution in [0.15, 0.2) is 217 Å². The van der Waals surface area contributed by atoms with Crippen molar-refractivity contribution in [3.63, 3.8) is 0 Å². The van der Waals surface area contributed by atoms with Crippen LogP contribution in [0.3, 0.4) is 0 Å². The van der Waals surface area contributed by atoms with Crippen LogP contribution in [0.4, 0.5) is 17.1 Å². The van der Waals surface area contributed by atoms with E-state index in [4.69, 9.17) is 4.42 Å². The first-order valence-electron chi connectivity index (χ1n) is 18.4. The smallest absolute Gasteiger partial charge is 0.143 e. The fourth-order valence-electron chi connectivity index (χ4n) is 7.88. The number of hydrogen-bond donors (Lipinski definition) is 0. The molecule has 10 rings (SSSR count). The number of furan rings is 1. The number of fused-ring (bicyclic) bond motifs is 5. The Balaban J connectivity index is 1.17. The molecule has 2 nitrogen and oxygen atoms in total. The van der Waals surface area contributed by atoms with Crippen LogP contribution in [0, 0.1) is 0 Å². The summed E-state index contributed by atoms with van der Waals surface area (Å²) in [5.41, 5.74) is 14.4. The van der Waals surface area contributed by atoms with E-state index >= 15 is 0 Å². The molecule has 0 amide bonds. The van der Waals surface area contributed by atoms with E-state index in [9.17, 15) is 0 Å². The standard InChI is InChI=1S/C52H35NO/c1-4-15-36(16-5-1)41-33-42(37-17-6-2-7-18-37)35-44(34-41)53(49-25-13-12-22-45(49)38-19-8-3-9-20-38)43-30-27-40(28-31-43)46-24-14-26-50-51(46)48-32-29-39-21-10-11-23-47(39)52(48)54-50/h1-35H. The molecule has 0 spiro atoms. The molecule has 0 fully saturated rings. The van der Waals surface area contributed by atoms with Crippen LogP contribution in [0.1, 0.15) is 0 Å². The molecular weight excluding hydrogens is 655 g/mol. The lowest BCUT2D eigenvalue weighted by molar-refractivity contribution is 0.673. The Morgan fingerprint density at radius 1 is 0.333 bits per heavy atom. The molecular formula is C52H35NO. The van der Waals surface area contributed by atoms with Crippen LogP contribution < -0.4 is 4.90 Å². The maximum atomic E-state index is 6.55. The molecule has 1 aromatic heterocycles. The maximum absolute atomic E-state index is 6.55. The molecule has 0 atom stereocenters. The van der Waals surface area contributed by atoms with Crippen molar-refractivity contribution in [3.8, 4) is 44.5 Å². The van der Waals surface area contributed by atoms with Gasteiger partial charge >= 0.3 is 0 Å². The van der Waals surface area contributed by atoms with Crippen LogP contribution in [0.25, 0.3) is 77.2 Å². The monoisotopic (exact) mass is 689 g/mol. The Labute approximate surface area is 314 Å². The highest BCUT2D eigenvalue weighted by molar-refractivity contribution is 6.19. The lowest BCUT2D eigenvalue weighted by Gasteiger charge is -2.29. The van der Waals surface area contributed by atoms with Gasteiger partial charge in [0.25, 0.3) is 0 Å². The van der Waals surface area contributed by atoms with Crippen LogP contribution in [-0.4, -0.2) is 0 Å². The first-order chi connectivity index (χ1) is 26.8. The van der Waals surface area contributed by atoms with E-state index in [1.165, 1.54) is 22.1 Å². The summed E-state index contributed by atoms with van der Waals surface area (Å²) in [6.07, 6.45) is 0. The first-order valence-corrected chi connectivity index (χ1v) is 18.4. The largest absolute Gasteiger partial charge is 0.455 e. The number of para-hydroxylation sites is 1. The molecule has 0 aliphatic carbocycles. The molecule has 0 saturated heterocycles. The first kappa shape index (κ1) is 31.6. The third kappa shape index (κ3) is 5.62. The van der Waals surface area contributed by atoms with Crippen molar-refractivity contribution < 1.29 is 4.42 Å². The van der Waals surface area contributed by atoms with Crippen molar-refractivity contribution in [1.29, 1.82) is 0 Å². The molecule has 0 radical (unpaired) electrons. The van der Waals surface area contributed by atoms with Gasteiger partial charge in [0.05, 0.1) is 5.69 Å². The summed E-state index contributed by atoms with van der Waals surface area (Å²) in [4.78, 5) is 2.41. The molecule has 10 aromatic rings. The fourth-order valence-corrected chi connectivity index (χ4v) is 7.88. The average Bonchev–Trinajstić information content (AvgIpc) is 3.65. The van der Waals surface area contributed by atoms with Crippen LogP contribution in [0.2, 0.25) is 0 Å². The number of nitrogens with zero attached hydrogens (tertiary/aromatic N) is 1. The minimum absolute atomic E-state index is 0.896. The van der Waals surface area contributed by atoms with Crippen molar-refractivity contribution in [2.24, 2.45) is 0 Å². The van der Waals surface area contributed by atoms with Gasteiger partial charge in [0.1, 0.15) is 11.2 Å². The van der Waals surface area contributed by atoms with Crippen molar-refractivity contribution in [1.82, 2.24) is 0 Å². The van der Waals surface area contributed by atoms with E-state index in [-0.39, 0.29) is 0 Å². The quantitative estimate of drug-likeness (QED) is 0.166. The second-order valence-electron chi connectivity index (χ2n) is 13.7. The van der Waals surface area contributed by atoms with Crippen molar-refractivity contribution in [3.05, 3.63) is 212 Å². The molecule has 0 N–H and O–H groups in total. The Morgan fingerprint density at radius 3 is 1.61 bits per heavy atom. The Hall–Kier alpha value is -7.16. The summed E-state index contributed by atoms with van der Waals surface area (Å²) in [5.74, 6) is 0. The van der Waals surface area contributed by atoms with Gasteiger partial charge < -0.3 is 9.32 Å². The zero-order valence-corrected chi connectivity index (χ0v) is 29.6. The Kier molecular flexibility index (Phi) is 7.85. The van der Waals surface area contributed by atoms with E-state index in [1.807, 2.05) is 0 Å².